The van der Waals surface area contributed by atoms with E-state index < -0.39 is 0 Å². The molecule has 11 heavy (non-hydrogen) atoms. The fraction of sp³-hybridized carbons (Fsp3) is 0.111. The van der Waals surface area contributed by atoms with Crippen molar-refractivity contribution >= 4 is 25.5 Å². The number of para-hydroxylation sites is 1. The van der Waals surface area contributed by atoms with Crippen LogP contribution in [0.1, 0.15) is 5.56 Å². The Morgan fingerprint density at radius 1 is 1.36 bits per heavy atom. The van der Waals surface area contributed by atoms with E-state index in [1.54, 1.807) is 6.26 Å². The highest BCUT2D eigenvalue weighted by Gasteiger charge is 2.02. The van der Waals surface area contributed by atoms with Crippen LogP contribution in [0.4, 0.5) is 0 Å². The van der Waals surface area contributed by atoms with Gasteiger partial charge in [-0.1, -0.05) is 18.2 Å². The Balaban J connectivity index is 2.94. The van der Waals surface area contributed by atoms with Crippen molar-refractivity contribution in [3.63, 3.8) is 0 Å². The molecular formula is C9H9OP. The standard InChI is InChI=1S/C9H9OP/c1-6-5-10-9-7(6)3-2-4-8(9)11/h2-5H,11H2,1H3. The fourth-order valence-electron chi connectivity index (χ4n) is 1.21. The third-order valence-electron chi connectivity index (χ3n) is 1.82. The lowest BCUT2D eigenvalue weighted by Crippen LogP contribution is -1.88. The van der Waals surface area contributed by atoms with E-state index in [4.69, 9.17) is 4.42 Å². The lowest BCUT2D eigenvalue weighted by Gasteiger charge is -1.91. The largest absolute Gasteiger partial charge is 0.463 e. The molecule has 0 radical (unpaired) electrons. The maximum atomic E-state index is 5.36. The quantitative estimate of drug-likeness (QED) is 0.544. The van der Waals surface area contributed by atoms with Crippen LogP contribution in [0.5, 0.6) is 0 Å². The van der Waals surface area contributed by atoms with Gasteiger partial charge < -0.3 is 4.42 Å². The highest BCUT2D eigenvalue weighted by molar-refractivity contribution is 7.28. The van der Waals surface area contributed by atoms with Crippen molar-refractivity contribution in [2.24, 2.45) is 0 Å². The number of hydrogen-bond donors (Lipinski definition) is 0. The van der Waals surface area contributed by atoms with Gasteiger partial charge in [0.1, 0.15) is 5.58 Å². The molecule has 0 aliphatic carbocycles. The van der Waals surface area contributed by atoms with Crippen LogP contribution < -0.4 is 5.30 Å². The summed E-state index contributed by atoms with van der Waals surface area (Å²) < 4.78 is 5.36. The van der Waals surface area contributed by atoms with E-state index in [2.05, 4.69) is 22.2 Å². The zero-order valence-corrected chi connectivity index (χ0v) is 7.45. The molecule has 0 saturated heterocycles. The third-order valence-corrected chi connectivity index (χ3v) is 2.28. The Labute approximate surface area is 67.6 Å². The van der Waals surface area contributed by atoms with Gasteiger partial charge in [-0.2, -0.15) is 0 Å². The van der Waals surface area contributed by atoms with E-state index in [9.17, 15) is 0 Å². The average molecular weight is 164 g/mol. The van der Waals surface area contributed by atoms with Gasteiger partial charge >= 0.3 is 0 Å². The van der Waals surface area contributed by atoms with E-state index >= 15 is 0 Å². The van der Waals surface area contributed by atoms with Crippen molar-refractivity contribution in [3.8, 4) is 0 Å². The molecule has 1 nitrogen and oxygen atoms in total. The van der Waals surface area contributed by atoms with Crippen molar-refractivity contribution < 1.29 is 4.42 Å². The van der Waals surface area contributed by atoms with Gasteiger partial charge in [0.05, 0.1) is 6.26 Å². The number of rotatable bonds is 0. The first kappa shape index (κ1) is 6.87. The zero-order valence-electron chi connectivity index (χ0n) is 6.29. The number of fused-ring (bicyclic) bond motifs is 1. The predicted octanol–water partition coefficient (Wildman–Crippen LogP) is 2.24. The second-order valence-electron chi connectivity index (χ2n) is 2.64. The maximum Gasteiger partial charge on any atom is 0.141 e. The van der Waals surface area contributed by atoms with Gasteiger partial charge in [0.25, 0.3) is 0 Å². The molecule has 0 bridgehead atoms. The molecule has 2 heteroatoms. The SMILES string of the molecule is Cc1coc2c(P)cccc12. The first-order chi connectivity index (χ1) is 5.29. The van der Waals surface area contributed by atoms with Gasteiger partial charge in [0, 0.05) is 10.7 Å². The molecule has 0 N–H and O–H groups in total. The summed E-state index contributed by atoms with van der Waals surface area (Å²) in [7, 11) is 2.66. The second kappa shape index (κ2) is 2.35. The minimum absolute atomic E-state index is 0.981. The highest BCUT2D eigenvalue weighted by atomic mass is 31.0. The van der Waals surface area contributed by atoms with Crippen LogP contribution in [0.3, 0.4) is 0 Å². The first-order valence-corrected chi connectivity index (χ1v) is 4.09. The van der Waals surface area contributed by atoms with Crippen molar-refractivity contribution in [2.75, 3.05) is 0 Å². The molecule has 1 unspecified atom stereocenters. The van der Waals surface area contributed by atoms with Gasteiger partial charge in [-0.25, -0.2) is 0 Å². The first-order valence-electron chi connectivity index (χ1n) is 3.51. The average Bonchev–Trinajstić information content (AvgIpc) is 2.35. The van der Waals surface area contributed by atoms with Crippen LogP contribution in [0.15, 0.2) is 28.9 Å². The zero-order chi connectivity index (χ0) is 7.84. The summed E-state index contributed by atoms with van der Waals surface area (Å²) in [6, 6.07) is 6.13. The lowest BCUT2D eigenvalue weighted by molar-refractivity contribution is 0.615. The van der Waals surface area contributed by atoms with Gasteiger partial charge in [0.15, 0.2) is 0 Å². The normalized spacial score (nSPS) is 10.7. The Morgan fingerprint density at radius 3 is 2.91 bits per heavy atom. The molecule has 1 aromatic carbocycles. The van der Waals surface area contributed by atoms with Crippen molar-refractivity contribution in [1.82, 2.24) is 0 Å². The monoisotopic (exact) mass is 164 g/mol. The molecule has 0 aliphatic heterocycles. The molecule has 0 amide bonds. The molecule has 0 aliphatic rings. The van der Waals surface area contributed by atoms with Crippen LogP contribution in [-0.4, -0.2) is 0 Å². The maximum absolute atomic E-state index is 5.36. The topological polar surface area (TPSA) is 13.1 Å². The van der Waals surface area contributed by atoms with Crippen LogP contribution in [0.25, 0.3) is 11.0 Å². The summed E-state index contributed by atoms with van der Waals surface area (Å²) in [4.78, 5) is 0. The van der Waals surface area contributed by atoms with Gasteiger partial charge in [-0.15, -0.1) is 9.24 Å². The van der Waals surface area contributed by atoms with E-state index in [-0.39, 0.29) is 0 Å². The van der Waals surface area contributed by atoms with Crippen LogP contribution in [-0.2, 0) is 0 Å². The number of benzene rings is 1. The Bertz CT molecular complexity index is 389. The second-order valence-corrected chi connectivity index (χ2v) is 3.26. The molecule has 1 atom stereocenters. The Kier molecular flexibility index (Phi) is 1.47. The molecule has 56 valence electrons. The number of hydrogen-bond acceptors (Lipinski definition) is 1. The molecule has 1 aromatic heterocycles. The molecule has 1 heterocycles. The summed E-state index contributed by atoms with van der Waals surface area (Å²) in [5.74, 6) is 0. The Hall–Kier alpha value is -0.810. The van der Waals surface area contributed by atoms with E-state index in [0.29, 0.717) is 0 Å². The van der Waals surface area contributed by atoms with Crippen LogP contribution in [0.2, 0.25) is 0 Å². The fourth-order valence-corrected chi connectivity index (χ4v) is 1.54. The van der Waals surface area contributed by atoms with E-state index in [1.165, 1.54) is 10.9 Å². The minimum Gasteiger partial charge on any atom is -0.463 e. The van der Waals surface area contributed by atoms with Crippen molar-refractivity contribution in [3.05, 3.63) is 30.0 Å². The molecule has 0 fully saturated rings. The molecule has 2 aromatic rings. The van der Waals surface area contributed by atoms with Crippen LogP contribution in [0, 0.1) is 6.92 Å². The molecule has 2 rings (SSSR count). The lowest BCUT2D eigenvalue weighted by atomic mass is 10.2. The number of furan rings is 1. The summed E-state index contributed by atoms with van der Waals surface area (Å²) >= 11 is 0. The highest BCUT2D eigenvalue weighted by Crippen LogP contribution is 2.19. The van der Waals surface area contributed by atoms with Gasteiger partial charge in [-0.3, -0.25) is 0 Å². The summed E-state index contributed by atoms with van der Waals surface area (Å²) in [5, 5.41) is 2.33. The van der Waals surface area contributed by atoms with E-state index in [0.717, 1.165) is 10.9 Å². The van der Waals surface area contributed by atoms with Gasteiger partial charge in [0.2, 0.25) is 0 Å². The molecule has 0 spiro atoms. The van der Waals surface area contributed by atoms with Crippen LogP contribution >= 0.6 is 9.24 Å². The van der Waals surface area contributed by atoms with E-state index in [1.807, 2.05) is 12.1 Å². The van der Waals surface area contributed by atoms with Crippen molar-refractivity contribution in [2.45, 2.75) is 6.92 Å². The summed E-state index contributed by atoms with van der Waals surface area (Å²) in [5.41, 5.74) is 2.18. The molecule has 0 saturated carbocycles. The Morgan fingerprint density at radius 2 is 2.18 bits per heavy atom. The minimum atomic E-state index is 0.981. The smallest absolute Gasteiger partial charge is 0.141 e. The third kappa shape index (κ3) is 0.965. The summed E-state index contributed by atoms with van der Waals surface area (Å²) in [6.45, 7) is 2.05. The van der Waals surface area contributed by atoms with Gasteiger partial charge in [-0.05, 0) is 12.5 Å². The number of aryl methyl sites for hydroxylation is 1. The molecular weight excluding hydrogens is 155 g/mol. The van der Waals surface area contributed by atoms with Crippen molar-refractivity contribution in [1.29, 1.82) is 0 Å². The predicted molar refractivity (Wildman–Crippen MR) is 50.3 cm³/mol. The summed E-state index contributed by atoms with van der Waals surface area (Å²) in [6.07, 6.45) is 1.79.